The zero-order chi connectivity index (χ0) is 25.3. The van der Waals surface area contributed by atoms with E-state index in [2.05, 4.69) is 0 Å². The molecule has 2 aliphatic rings. The number of amides is 3. The highest BCUT2D eigenvalue weighted by Crippen LogP contribution is 2.42. The molecule has 0 radical (unpaired) electrons. The van der Waals surface area contributed by atoms with Crippen molar-refractivity contribution in [1.29, 1.82) is 0 Å². The number of fused-ring (bicyclic) bond motifs is 1. The summed E-state index contributed by atoms with van der Waals surface area (Å²) in [6.45, 7) is 2.03. The van der Waals surface area contributed by atoms with Crippen LogP contribution in [0.5, 0.6) is 0 Å². The lowest BCUT2D eigenvalue weighted by Gasteiger charge is -2.36. The van der Waals surface area contributed by atoms with Crippen LogP contribution in [0.2, 0.25) is 5.02 Å². The van der Waals surface area contributed by atoms with E-state index in [1.165, 1.54) is 36.4 Å². The number of ketones is 1. The molecule has 2 fully saturated rings. The molecule has 1 aliphatic heterocycles. The van der Waals surface area contributed by atoms with Crippen LogP contribution in [0.25, 0.3) is 0 Å². The molecule has 1 saturated carbocycles. The van der Waals surface area contributed by atoms with Crippen molar-refractivity contribution in [3.05, 3.63) is 70.5 Å². The first-order valence-electron chi connectivity index (χ1n) is 11.6. The minimum Gasteiger partial charge on any atom is -0.292 e. The van der Waals surface area contributed by atoms with Gasteiger partial charge in [0.25, 0.3) is 17.7 Å². The highest BCUT2D eigenvalue weighted by Gasteiger charge is 2.54. The maximum atomic E-state index is 13.8. The van der Waals surface area contributed by atoms with Crippen LogP contribution in [-0.2, 0) is 9.59 Å². The standard InChI is InChI=1S/C26H25Cl2FN2O4/c1-15-2-11-20-21(14-15)26(35)31(25(20)34)30(24(33)17-3-7-18(28)8-4-17)22(12-13-27)23(32)16-5-9-19(29)10-6-16/h3-10,15,20-22H,2,11-14H2,1H3/t15-,20+,21-,22-/m1/s1. The molecule has 0 spiro atoms. The second-order valence-corrected chi connectivity index (χ2v) is 9.96. The number of carbonyl (C=O) groups excluding carboxylic acids is 4. The monoisotopic (exact) mass is 518 g/mol. The molecule has 4 atom stereocenters. The van der Waals surface area contributed by atoms with Gasteiger partial charge in [-0.3, -0.25) is 19.2 Å². The topological polar surface area (TPSA) is 74.8 Å². The third-order valence-electron chi connectivity index (χ3n) is 6.79. The zero-order valence-corrected chi connectivity index (χ0v) is 20.6. The predicted octanol–water partition coefficient (Wildman–Crippen LogP) is 5.14. The lowest BCUT2D eigenvalue weighted by molar-refractivity contribution is -0.156. The highest BCUT2D eigenvalue weighted by molar-refractivity contribution is 6.30. The Morgan fingerprint density at radius 2 is 1.60 bits per heavy atom. The number of hydrazine groups is 1. The van der Waals surface area contributed by atoms with Crippen LogP contribution in [0.4, 0.5) is 4.39 Å². The molecule has 6 nitrogen and oxygen atoms in total. The van der Waals surface area contributed by atoms with Crippen molar-refractivity contribution >= 4 is 46.7 Å². The van der Waals surface area contributed by atoms with Gasteiger partial charge in [-0.25, -0.2) is 9.40 Å². The van der Waals surface area contributed by atoms with Gasteiger partial charge in [-0.15, -0.1) is 11.6 Å². The average Bonchev–Trinajstić information content (AvgIpc) is 3.08. The SMILES string of the molecule is C[C@@H]1CC[C@@H]2C(=O)N(N(C(=O)c3ccc(Cl)cc3)[C@H](CCCl)C(=O)c3ccc(F)cc3)C(=O)[C@@H]2C1. The largest absolute Gasteiger partial charge is 0.292 e. The first-order valence-corrected chi connectivity index (χ1v) is 12.5. The van der Waals surface area contributed by atoms with Crippen LogP contribution in [0.1, 0.15) is 53.3 Å². The van der Waals surface area contributed by atoms with E-state index >= 15 is 0 Å². The lowest BCUT2D eigenvalue weighted by Crippen LogP contribution is -2.57. The van der Waals surface area contributed by atoms with Gasteiger partial charge in [0.05, 0.1) is 11.8 Å². The molecule has 0 bridgehead atoms. The summed E-state index contributed by atoms with van der Waals surface area (Å²) < 4.78 is 13.5. The molecule has 0 unspecified atom stereocenters. The van der Waals surface area contributed by atoms with Gasteiger partial charge in [0.15, 0.2) is 5.78 Å². The summed E-state index contributed by atoms with van der Waals surface area (Å²) in [7, 11) is 0. The fraction of sp³-hybridized carbons (Fsp3) is 0.385. The predicted molar refractivity (Wildman–Crippen MR) is 129 cm³/mol. The fourth-order valence-electron chi connectivity index (χ4n) is 4.96. The Bertz CT molecular complexity index is 1140. The number of hydrogen-bond acceptors (Lipinski definition) is 4. The Balaban J connectivity index is 1.79. The van der Waals surface area contributed by atoms with Gasteiger partial charge in [0.2, 0.25) is 0 Å². The number of carbonyl (C=O) groups is 4. The van der Waals surface area contributed by atoms with Gasteiger partial charge in [0, 0.05) is 22.0 Å². The number of alkyl halides is 1. The van der Waals surface area contributed by atoms with Crippen LogP contribution in [0.15, 0.2) is 48.5 Å². The normalized spacial score (nSPS) is 22.6. The van der Waals surface area contributed by atoms with E-state index in [0.717, 1.165) is 28.6 Å². The van der Waals surface area contributed by atoms with Crippen molar-refractivity contribution in [3.63, 3.8) is 0 Å². The Labute approximate surface area is 212 Å². The Hall–Kier alpha value is -2.77. The average molecular weight is 519 g/mol. The van der Waals surface area contributed by atoms with E-state index in [-0.39, 0.29) is 29.3 Å². The molecule has 2 aromatic carbocycles. The molecule has 4 rings (SSSR count). The molecular weight excluding hydrogens is 494 g/mol. The summed E-state index contributed by atoms with van der Waals surface area (Å²) in [5, 5.41) is 2.23. The van der Waals surface area contributed by atoms with Gasteiger partial charge in [-0.2, -0.15) is 5.01 Å². The molecule has 0 N–H and O–H groups in total. The van der Waals surface area contributed by atoms with Crippen LogP contribution >= 0.6 is 23.2 Å². The molecule has 2 aromatic rings. The molecular formula is C26H25Cl2FN2O4. The quantitative estimate of drug-likeness (QED) is 0.289. The van der Waals surface area contributed by atoms with Crippen molar-refractivity contribution in [2.24, 2.45) is 17.8 Å². The number of nitrogens with zero attached hydrogens (tertiary/aromatic N) is 2. The van der Waals surface area contributed by atoms with E-state index in [1.54, 1.807) is 0 Å². The number of rotatable bonds is 7. The Morgan fingerprint density at radius 3 is 2.23 bits per heavy atom. The van der Waals surface area contributed by atoms with Gasteiger partial charge in [-0.05, 0) is 80.1 Å². The summed E-state index contributed by atoms with van der Waals surface area (Å²) >= 11 is 12.0. The molecule has 184 valence electrons. The van der Waals surface area contributed by atoms with Crippen molar-refractivity contribution < 1.29 is 23.6 Å². The molecule has 9 heteroatoms. The molecule has 3 amide bonds. The maximum Gasteiger partial charge on any atom is 0.273 e. The van der Waals surface area contributed by atoms with E-state index < -0.39 is 47.2 Å². The Morgan fingerprint density at radius 1 is 1.00 bits per heavy atom. The molecule has 35 heavy (non-hydrogen) atoms. The van der Waals surface area contributed by atoms with Crippen LogP contribution < -0.4 is 0 Å². The zero-order valence-electron chi connectivity index (χ0n) is 19.1. The number of imide groups is 1. The third kappa shape index (κ3) is 4.98. The van der Waals surface area contributed by atoms with Crippen molar-refractivity contribution in [2.75, 3.05) is 5.88 Å². The molecule has 1 saturated heterocycles. The van der Waals surface area contributed by atoms with Gasteiger partial charge in [-0.1, -0.05) is 18.5 Å². The second kappa shape index (κ2) is 10.5. The second-order valence-electron chi connectivity index (χ2n) is 9.14. The van der Waals surface area contributed by atoms with Crippen LogP contribution in [-0.4, -0.2) is 45.4 Å². The summed E-state index contributed by atoms with van der Waals surface area (Å²) in [6.07, 6.45) is 1.88. The van der Waals surface area contributed by atoms with Gasteiger partial charge >= 0.3 is 0 Å². The highest BCUT2D eigenvalue weighted by atomic mass is 35.5. The van der Waals surface area contributed by atoms with Crippen LogP contribution in [0, 0.1) is 23.6 Å². The Kier molecular flexibility index (Phi) is 7.57. The smallest absolute Gasteiger partial charge is 0.273 e. The summed E-state index contributed by atoms with van der Waals surface area (Å²) in [4.78, 5) is 54.4. The van der Waals surface area contributed by atoms with Crippen LogP contribution in [0.3, 0.4) is 0 Å². The number of halogens is 3. The molecule has 0 aromatic heterocycles. The molecule has 1 aliphatic carbocycles. The summed E-state index contributed by atoms with van der Waals surface area (Å²) in [6, 6.07) is 9.61. The van der Waals surface area contributed by atoms with Crippen molar-refractivity contribution in [2.45, 2.75) is 38.6 Å². The van der Waals surface area contributed by atoms with Crippen molar-refractivity contribution in [1.82, 2.24) is 10.0 Å². The van der Waals surface area contributed by atoms with E-state index in [1.807, 2.05) is 6.92 Å². The number of hydrogen-bond donors (Lipinski definition) is 0. The fourth-order valence-corrected chi connectivity index (χ4v) is 5.29. The number of benzene rings is 2. The first-order chi connectivity index (χ1) is 16.7. The molecule has 1 heterocycles. The maximum absolute atomic E-state index is 13.8. The van der Waals surface area contributed by atoms with Crippen molar-refractivity contribution in [3.8, 4) is 0 Å². The minimum absolute atomic E-state index is 0.0118. The van der Waals surface area contributed by atoms with E-state index in [4.69, 9.17) is 23.2 Å². The van der Waals surface area contributed by atoms with E-state index in [0.29, 0.717) is 17.9 Å². The van der Waals surface area contributed by atoms with Gasteiger partial charge in [0.1, 0.15) is 11.9 Å². The first kappa shape index (κ1) is 25.3. The summed E-state index contributed by atoms with van der Waals surface area (Å²) in [5.74, 6) is -3.54. The number of Topliss-reactive ketones (excluding diaryl/α,β-unsaturated/α-hetero) is 1. The van der Waals surface area contributed by atoms with Gasteiger partial charge < -0.3 is 0 Å². The lowest BCUT2D eigenvalue weighted by atomic mass is 9.76. The third-order valence-corrected chi connectivity index (χ3v) is 7.26. The van der Waals surface area contributed by atoms with E-state index in [9.17, 15) is 23.6 Å². The summed E-state index contributed by atoms with van der Waals surface area (Å²) in [5.41, 5.74) is 0.297. The minimum atomic E-state index is -1.24.